The molecule has 0 bridgehead atoms. The van der Waals surface area contributed by atoms with Crippen LogP contribution in [0, 0.1) is 0 Å². The molecule has 206 valence electrons. The molecule has 0 spiro atoms. The second-order valence-corrected chi connectivity index (χ2v) is 11.0. The molecule has 0 fully saturated rings. The number of carbonyl (C=O) groups excluding carboxylic acids is 1. The van der Waals surface area contributed by atoms with Crippen molar-refractivity contribution in [3.8, 4) is 22.4 Å². The molecule has 1 aromatic heterocycles. The summed E-state index contributed by atoms with van der Waals surface area (Å²) in [6, 6.07) is 30.7. The fourth-order valence-corrected chi connectivity index (χ4v) is 5.35. The number of nitrogens with zero attached hydrogens (tertiary/aromatic N) is 2. The molecule has 4 aromatic rings. The smallest absolute Gasteiger partial charge is 0.285 e. The number of nitrogens with one attached hydrogen (secondary N) is 1. The molecule has 0 aliphatic heterocycles. The Bertz CT molecular complexity index is 1580. The molecule has 0 saturated carbocycles. The highest BCUT2D eigenvalue weighted by Gasteiger charge is 2.22. The molecule has 5 N–H and O–H groups in total. The molecule has 0 aliphatic carbocycles. The van der Waals surface area contributed by atoms with E-state index in [-0.39, 0.29) is 17.2 Å². The van der Waals surface area contributed by atoms with Gasteiger partial charge in [-0.15, -0.1) is 4.40 Å². The Morgan fingerprint density at radius 2 is 1.48 bits per heavy atom. The number of hydrogen-bond acceptors (Lipinski definition) is 3. The van der Waals surface area contributed by atoms with Crippen LogP contribution >= 0.6 is 0 Å². The monoisotopic (exact) mass is 556 g/mol. The molecule has 4 rings (SSSR count). The number of aryl methyl sites for hydroxylation is 1. The summed E-state index contributed by atoms with van der Waals surface area (Å²) in [6.45, 7) is 2.66. The summed E-state index contributed by atoms with van der Waals surface area (Å²) in [5.41, 5.74) is 16.5. The highest BCUT2D eigenvalue weighted by Crippen LogP contribution is 2.26. The first-order valence-electron chi connectivity index (χ1n) is 13.2. The van der Waals surface area contributed by atoms with Gasteiger partial charge in [0.15, 0.2) is 12.2 Å². The minimum atomic E-state index is -4.00. The number of aromatic nitrogens is 1. The number of carbonyl (C=O) groups is 1. The molecule has 3 aromatic carbocycles. The third-order valence-corrected chi connectivity index (χ3v) is 7.76. The van der Waals surface area contributed by atoms with Gasteiger partial charge in [0, 0.05) is 29.8 Å². The summed E-state index contributed by atoms with van der Waals surface area (Å²) in [5, 5.41) is 2.86. The number of anilines is 1. The Hall–Kier alpha value is -4.50. The fourth-order valence-electron chi connectivity index (χ4n) is 4.49. The molecule has 1 heterocycles. The second-order valence-electron chi connectivity index (χ2n) is 9.42. The molecular formula is C31H34N5O3S+. The molecule has 0 aliphatic rings. The Kier molecular flexibility index (Phi) is 9.29. The van der Waals surface area contributed by atoms with Crippen LogP contribution in [0.5, 0.6) is 0 Å². The van der Waals surface area contributed by atoms with Gasteiger partial charge in [-0.1, -0.05) is 61.9 Å². The van der Waals surface area contributed by atoms with E-state index < -0.39 is 16.0 Å². The van der Waals surface area contributed by atoms with E-state index >= 15 is 0 Å². The van der Waals surface area contributed by atoms with Crippen molar-refractivity contribution in [1.29, 1.82) is 0 Å². The number of pyridine rings is 1. The zero-order chi connectivity index (χ0) is 28.5. The normalized spacial score (nSPS) is 11.1. The number of guanidine groups is 1. The first-order valence-corrected chi connectivity index (χ1v) is 14.6. The minimum absolute atomic E-state index is 0.0685. The highest BCUT2D eigenvalue weighted by molar-refractivity contribution is 7.90. The van der Waals surface area contributed by atoms with Crippen LogP contribution in [-0.4, -0.2) is 20.3 Å². The van der Waals surface area contributed by atoms with Crippen molar-refractivity contribution in [2.75, 3.05) is 5.32 Å². The summed E-state index contributed by atoms with van der Waals surface area (Å²) >= 11 is 0. The summed E-state index contributed by atoms with van der Waals surface area (Å²) in [6.07, 6.45) is 3.23. The standard InChI is InChI=1S/C31H33N5O3S/c1-2-3-14-27-21-25(23-10-6-4-7-11-23)22-29(24-12-8-5-9-13-24)36(27)20-19-30(37)34-26-15-17-28(18-16-26)40(38,39)35-31(32)33/h4-13,15-18,21-22H,2-3,14,19-20H2,1H3,(H4-,32,33,34,35,37)/p+1. The Balaban J connectivity index is 1.60. The van der Waals surface area contributed by atoms with Gasteiger partial charge < -0.3 is 16.8 Å². The number of benzene rings is 3. The quantitative estimate of drug-likeness (QED) is 0.141. The van der Waals surface area contributed by atoms with E-state index in [4.69, 9.17) is 11.5 Å². The maximum absolute atomic E-state index is 13.0. The van der Waals surface area contributed by atoms with Crippen molar-refractivity contribution in [2.45, 2.75) is 44.0 Å². The zero-order valence-electron chi connectivity index (χ0n) is 22.5. The number of amides is 1. The second kappa shape index (κ2) is 13.0. The predicted octanol–water partition coefficient (Wildman–Crippen LogP) is 4.64. The lowest BCUT2D eigenvalue weighted by molar-refractivity contribution is -0.692. The van der Waals surface area contributed by atoms with E-state index in [2.05, 4.69) is 57.6 Å². The summed E-state index contributed by atoms with van der Waals surface area (Å²) in [4.78, 5) is 12.9. The van der Waals surface area contributed by atoms with Gasteiger partial charge in [-0.2, -0.15) is 13.0 Å². The molecule has 0 saturated heterocycles. The van der Waals surface area contributed by atoms with Crippen LogP contribution in [0.25, 0.3) is 22.4 Å². The minimum Gasteiger partial charge on any atom is -0.369 e. The lowest BCUT2D eigenvalue weighted by atomic mass is 9.99. The van der Waals surface area contributed by atoms with Crippen LogP contribution in [-0.2, 0) is 27.8 Å². The lowest BCUT2D eigenvalue weighted by Gasteiger charge is -2.13. The van der Waals surface area contributed by atoms with Gasteiger partial charge in [0.1, 0.15) is 0 Å². The average molecular weight is 557 g/mol. The molecule has 9 heteroatoms. The van der Waals surface area contributed by atoms with Gasteiger partial charge in [0.2, 0.25) is 17.6 Å². The Morgan fingerprint density at radius 3 is 2.08 bits per heavy atom. The zero-order valence-corrected chi connectivity index (χ0v) is 23.3. The van der Waals surface area contributed by atoms with E-state index in [1.807, 2.05) is 36.4 Å². The van der Waals surface area contributed by atoms with E-state index in [9.17, 15) is 13.2 Å². The van der Waals surface area contributed by atoms with Crippen LogP contribution in [0.1, 0.15) is 31.9 Å². The van der Waals surface area contributed by atoms with Gasteiger partial charge in [-0.05, 0) is 53.9 Å². The first-order chi connectivity index (χ1) is 19.3. The number of hydrogen-bond donors (Lipinski definition) is 3. The maximum atomic E-state index is 13.0. The topological polar surface area (TPSA) is 132 Å². The van der Waals surface area contributed by atoms with Crippen molar-refractivity contribution < 1.29 is 17.8 Å². The van der Waals surface area contributed by atoms with Crippen molar-refractivity contribution in [3.05, 3.63) is 103 Å². The number of sulfonamides is 1. The van der Waals surface area contributed by atoms with Crippen LogP contribution in [0.15, 0.2) is 106 Å². The van der Waals surface area contributed by atoms with Crippen molar-refractivity contribution >= 4 is 27.6 Å². The molecule has 40 heavy (non-hydrogen) atoms. The third-order valence-electron chi connectivity index (χ3n) is 6.44. The van der Waals surface area contributed by atoms with Crippen molar-refractivity contribution in [2.24, 2.45) is 15.9 Å². The first kappa shape index (κ1) is 28.5. The van der Waals surface area contributed by atoms with E-state index in [1.54, 1.807) is 0 Å². The van der Waals surface area contributed by atoms with Gasteiger partial charge in [0.25, 0.3) is 10.0 Å². The average Bonchev–Trinajstić information content (AvgIpc) is 2.95. The SMILES string of the molecule is CCCCc1cc(-c2ccccc2)cc(-c2ccccc2)[n+]1CCC(=O)Nc1ccc(S(=O)(=O)N=C(N)N)cc1. The van der Waals surface area contributed by atoms with Gasteiger partial charge in [-0.3, -0.25) is 4.79 Å². The van der Waals surface area contributed by atoms with E-state index in [0.29, 0.717) is 12.2 Å². The summed E-state index contributed by atoms with van der Waals surface area (Å²) in [5.74, 6) is -0.722. The lowest BCUT2D eigenvalue weighted by Crippen LogP contribution is -2.42. The fraction of sp³-hybridized carbons (Fsp3) is 0.194. The Morgan fingerprint density at radius 1 is 0.850 bits per heavy atom. The predicted molar refractivity (Wildman–Crippen MR) is 159 cm³/mol. The molecule has 1 amide bonds. The van der Waals surface area contributed by atoms with Crippen molar-refractivity contribution in [1.82, 2.24) is 0 Å². The number of nitrogens with two attached hydrogens (primary N) is 2. The van der Waals surface area contributed by atoms with Crippen LogP contribution in [0.4, 0.5) is 5.69 Å². The number of rotatable bonds is 11. The van der Waals surface area contributed by atoms with E-state index in [1.165, 1.54) is 30.0 Å². The van der Waals surface area contributed by atoms with Crippen molar-refractivity contribution in [3.63, 3.8) is 0 Å². The summed E-state index contributed by atoms with van der Waals surface area (Å²) in [7, 11) is -4.00. The third kappa shape index (κ3) is 7.33. The molecular weight excluding hydrogens is 522 g/mol. The summed E-state index contributed by atoms with van der Waals surface area (Å²) < 4.78 is 29.8. The largest absolute Gasteiger partial charge is 0.369 e. The Labute approximate surface area is 235 Å². The van der Waals surface area contributed by atoms with Crippen LogP contribution < -0.4 is 21.4 Å². The van der Waals surface area contributed by atoms with Crippen LogP contribution in [0.3, 0.4) is 0 Å². The molecule has 0 atom stereocenters. The highest BCUT2D eigenvalue weighted by atomic mass is 32.2. The maximum Gasteiger partial charge on any atom is 0.285 e. The van der Waals surface area contributed by atoms with Crippen LogP contribution in [0.2, 0.25) is 0 Å². The van der Waals surface area contributed by atoms with Gasteiger partial charge in [-0.25, -0.2) is 0 Å². The van der Waals surface area contributed by atoms with Gasteiger partial charge in [0.05, 0.1) is 11.3 Å². The van der Waals surface area contributed by atoms with Gasteiger partial charge >= 0.3 is 0 Å². The molecule has 0 unspecified atom stereocenters. The molecule has 8 nitrogen and oxygen atoms in total. The number of unbranched alkanes of at least 4 members (excludes halogenated alkanes) is 1. The molecule has 0 radical (unpaired) electrons. The van der Waals surface area contributed by atoms with E-state index in [0.717, 1.165) is 41.6 Å².